The molecule has 0 aliphatic heterocycles. The van der Waals surface area contributed by atoms with E-state index in [-0.39, 0.29) is 0 Å². The lowest BCUT2D eigenvalue weighted by atomic mass is 10.0. The molecule has 1 heteroatoms. The topological polar surface area (TPSA) is 12.0 Å². The average Bonchev–Trinajstić information content (AvgIpc) is 2.21. The standard InChI is InChI=1S/C13H17N/c1-3-7-12-8-4-5-9-13(12)10-6-11-14-2/h4-5,8-9,14H,3,7,11H2,1-2H3. The van der Waals surface area contributed by atoms with Crippen molar-refractivity contribution in [3.63, 3.8) is 0 Å². The van der Waals surface area contributed by atoms with E-state index in [2.05, 4.69) is 42.3 Å². The molecule has 0 unspecified atom stereocenters. The normalized spacial score (nSPS) is 9.29. The summed E-state index contributed by atoms with van der Waals surface area (Å²) < 4.78 is 0. The van der Waals surface area contributed by atoms with Crippen molar-refractivity contribution in [1.29, 1.82) is 0 Å². The zero-order valence-corrected chi connectivity index (χ0v) is 8.93. The minimum atomic E-state index is 0.750. The third-order valence-electron chi connectivity index (χ3n) is 2.02. The summed E-state index contributed by atoms with van der Waals surface area (Å²) in [5.74, 6) is 6.28. The summed E-state index contributed by atoms with van der Waals surface area (Å²) in [5.41, 5.74) is 2.53. The third-order valence-corrected chi connectivity index (χ3v) is 2.02. The molecule has 1 nitrogen and oxygen atoms in total. The van der Waals surface area contributed by atoms with Crippen LogP contribution in [-0.4, -0.2) is 13.6 Å². The van der Waals surface area contributed by atoms with Gasteiger partial charge in [0.2, 0.25) is 0 Å². The molecule has 0 aliphatic rings. The molecule has 1 N–H and O–H groups in total. The summed E-state index contributed by atoms with van der Waals surface area (Å²) in [6.07, 6.45) is 2.29. The number of benzene rings is 1. The highest BCUT2D eigenvalue weighted by atomic mass is 14.8. The van der Waals surface area contributed by atoms with Gasteiger partial charge in [0.15, 0.2) is 0 Å². The van der Waals surface area contributed by atoms with E-state index in [1.165, 1.54) is 17.5 Å². The Morgan fingerprint density at radius 2 is 2.07 bits per heavy atom. The van der Waals surface area contributed by atoms with Gasteiger partial charge in [-0.2, -0.15) is 0 Å². The van der Waals surface area contributed by atoms with Gasteiger partial charge in [-0.25, -0.2) is 0 Å². The Bertz CT molecular complexity index is 331. The van der Waals surface area contributed by atoms with Crippen LogP contribution in [0.4, 0.5) is 0 Å². The molecule has 0 aromatic heterocycles. The van der Waals surface area contributed by atoms with Crippen LogP contribution in [0.1, 0.15) is 24.5 Å². The first-order chi connectivity index (χ1) is 6.88. The van der Waals surface area contributed by atoms with E-state index in [1.54, 1.807) is 0 Å². The monoisotopic (exact) mass is 187 g/mol. The molecule has 14 heavy (non-hydrogen) atoms. The Morgan fingerprint density at radius 1 is 1.29 bits per heavy atom. The van der Waals surface area contributed by atoms with Gasteiger partial charge in [0.25, 0.3) is 0 Å². The fraction of sp³-hybridized carbons (Fsp3) is 0.385. The van der Waals surface area contributed by atoms with E-state index in [1.807, 2.05) is 13.1 Å². The number of nitrogens with one attached hydrogen (secondary N) is 1. The van der Waals surface area contributed by atoms with Crippen molar-refractivity contribution in [2.75, 3.05) is 13.6 Å². The molecule has 1 aromatic rings. The first-order valence-corrected chi connectivity index (χ1v) is 5.10. The van der Waals surface area contributed by atoms with Crippen LogP contribution in [0.25, 0.3) is 0 Å². The fourth-order valence-electron chi connectivity index (χ4n) is 1.36. The maximum atomic E-state index is 3.19. The summed E-state index contributed by atoms with van der Waals surface area (Å²) in [7, 11) is 1.91. The smallest absolute Gasteiger partial charge is 0.0577 e. The zero-order chi connectivity index (χ0) is 10.2. The number of rotatable bonds is 3. The predicted molar refractivity (Wildman–Crippen MR) is 61.2 cm³/mol. The van der Waals surface area contributed by atoms with Crippen molar-refractivity contribution in [2.24, 2.45) is 0 Å². The second-order valence-electron chi connectivity index (χ2n) is 3.24. The van der Waals surface area contributed by atoms with Crippen molar-refractivity contribution in [3.8, 4) is 11.8 Å². The minimum absolute atomic E-state index is 0.750. The molecule has 1 rings (SSSR count). The summed E-state index contributed by atoms with van der Waals surface area (Å²) in [6.45, 7) is 2.94. The highest BCUT2D eigenvalue weighted by Gasteiger charge is 1.95. The molecular formula is C13H17N. The molecule has 1 aromatic carbocycles. The van der Waals surface area contributed by atoms with Crippen LogP contribution < -0.4 is 5.32 Å². The van der Waals surface area contributed by atoms with E-state index in [9.17, 15) is 0 Å². The molecule has 0 heterocycles. The lowest BCUT2D eigenvalue weighted by Crippen LogP contribution is -2.04. The van der Waals surface area contributed by atoms with Crippen LogP contribution in [0.5, 0.6) is 0 Å². The van der Waals surface area contributed by atoms with Crippen LogP contribution in [0.3, 0.4) is 0 Å². The molecule has 0 spiro atoms. The minimum Gasteiger partial charge on any atom is -0.309 e. The molecule has 0 saturated carbocycles. The molecular weight excluding hydrogens is 170 g/mol. The molecule has 0 atom stereocenters. The third kappa shape index (κ3) is 3.24. The average molecular weight is 187 g/mol. The first-order valence-electron chi connectivity index (χ1n) is 5.10. The van der Waals surface area contributed by atoms with Crippen LogP contribution in [0.15, 0.2) is 24.3 Å². The Balaban J connectivity index is 2.80. The second kappa shape index (κ2) is 6.23. The Kier molecular flexibility index (Phi) is 4.82. The van der Waals surface area contributed by atoms with E-state index in [4.69, 9.17) is 0 Å². The summed E-state index contributed by atoms with van der Waals surface area (Å²) in [6, 6.07) is 8.37. The van der Waals surface area contributed by atoms with Gasteiger partial charge in [-0.3, -0.25) is 0 Å². The van der Waals surface area contributed by atoms with E-state index < -0.39 is 0 Å². The van der Waals surface area contributed by atoms with Gasteiger partial charge in [0, 0.05) is 5.56 Å². The van der Waals surface area contributed by atoms with Crippen molar-refractivity contribution in [2.45, 2.75) is 19.8 Å². The molecule has 0 radical (unpaired) electrons. The maximum Gasteiger partial charge on any atom is 0.0577 e. The summed E-state index contributed by atoms with van der Waals surface area (Å²) in [4.78, 5) is 0. The zero-order valence-electron chi connectivity index (χ0n) is 8.93. The molecule has 0 fully saturated rings. The lowest BCUT2D eigenvalue weighted by Gasteiger charge is -2.01. The number of hydrogen-bond donors (Lipinski definition) is 1. The fourth-order valence-corrected chi connectivity index (χ4v) is 1.36. The summed E-state index contributed by atoms with van der Waals surface area (Å²) in [5, 5.41) is 3.02. The van der Waals surface area contributed by atoms with Crippen LogP contribution >= 0.6 is 0 Å². The van der Waals surface area contributed by atoms with Gasteiger partial charge in [-0.15, -0.1) is 0 Å². The van der Waals surface area contributed by atoms with Crippen LogP contribution in [0, 0.1) is 11.8 Å². The van der Waals surface area contributed by atoms with E-state index >= 15 is 0 Å². The molecule has 74 valence electrons. The van der Waals surface area contributed by atoms with E-state index in [0.29, 0.717) is 0 Å². The molecule has 0 amide bonds. The highest BCUT2D eigenvalue weighted by Crippen LogP contribution is 2.09. The van der Waals surface area contributed by atoms with Crippen molar-refractivity contribution in [1.82, 2.24) is 5.32 Å². The Hall–Kier alpha value is -1.26. The quantitative estimate of drug-likeness (QED) is 0.715. The lowest BCUT2D eigenvalue weighted by molar-refractivity contribution is 0.918. The number of hydrogen-bond acceptors (Lipinski definition) is 1. The highest BCUT2D eigenvalue weighted by molar-refractivity contribution is 5.41. The predicted octanol–water partition coefficient (Wildman–Crippen LogP) is 2.21. The Morgan fingerprint density at radius 3 is 2.79 bits per heavy atom. The van der Waals surface area contributed by atoms with Gasteiger partial charge >= 0.3 is 0 Å². The van der Waals surface area contributed by atoms with Crippen molar-refractivity contribution >= 4 is 0 Å². The maximum absolute atomic E-state index is 3.19. The van der Waals surface area contributed by atoms with E-state index in [0.717, 1.165) is 13.0 Å². The van der Waals surface area contributed by atoms with Gasteiger partial charge < -0.3 is 5.32 Å². The van der Waals surface area contributed by atoms with Gasteiger partial charge in [0.1, 0.15) is 0 Å². The van der Waals surface area contributed by atoms with Gasteiger partial charge in [-0.1, -0.05) is 43.4 Å². The van der Waals surface area contributed by atoms with Crippen LogP contribution in [0.2, 0.25) is 0 Å². The van der Waals surface area contributed by atoms with Gasteiger partial charge in [-0.05, 0) is 25.1 Å². The number of aryl methyl sites for hydroxylation is 1. The Labute approximate surface area is 86.5 Å². The first kappa shape index (κ1) is 10.8. The van der Waals surface area contributed by atoms with Crippen LogP contribution in [-0.2, 0) is 6.42 Å². The molecule has 0 aliphatic carbocycles. The largest absolute Gasteiger partial charge is 0.309 e. The molecule has 0 bridgehead atoms. The van der Waals surface area contributed by atoms with Crippen molar-refractivity contribution in [3.05, 3.63) is 35.4 Å². The second-order valence-corrected chi connectivity index (χ2v) is 3.24. The molecule has 0 saturated heterocycles. The van der Waals surface area contributed by atoms with Crippen molar-refractivity contribution < 1.29 is 0 Å². The summed E-state index contributed by atoms with van der Waals surface area (Å²) >= 11 is 0. The SMILES string of the molecule is CCCc1ccccc1C#CCNC. The van der Waals surface area contributed by atoms with Gasteiger partial charge in [0.05, 0.1) is 6.54 Å².